The molecular formula is C8H5ClFNO. The van der Waals surface area contributed by atoms with Crippen LogP contribution < -0.4 is 0 Å². The van der Waals surface area contributed by atoms with Gasteiger partial charge in [0.1, 0.15) is 5.69 Å². The van der Waals surface area contributed by atoms with Crippen molar-refractivity contribution in [3.05, 3.63) is 29.7 Å². The zero-order chi connectivity index (χ0) is 8.55. The molecule has 4 heteroatoms. The van der Waals surface area contributed by atoms with Crippen molar-refractivity contribution in [2.45, 2.75) is 5.88 Å². The third kappa shape index (κ3) is 0.975. The maximum atomic E-state index is 13.0. The van der Waals surface area contributed by atoms with E-state index < -0.39 is 5.82 Å². The van der Waals surface area contributed by atoms with E-state index in [1.807, 2.05) is 0 Å². The van der Waals surface area contributed by atoms with Gasteiger partial charge in [0.2, 0.25) is 5.58 Å². The molecule has 0 fully saturated rings. The minimum Gasteiger partial charge on any atom is -0.353 e. The van der Waals surface area contributed by atoms with Crippen LogP contribution in [0.15, 0.2) is 22.7 Å². The molecule has 12 heavy (non-hydrogen) atoms. The number of hydrogen-bond donors (Lipinski definition) is 0. The van der Waals surface area contributed by atoms with Crippen LogP contribution in [-0.2, 0) is 5.88 Å². The van der Waals surface area contributed by atoms with Crippen molar-refractivity contribution < 1.29 is 8.91 Å². The standard InChI is InChI=1S/C8H5ClFNO/c9-4-7-5-2-1-3-6(10)8(5)12-11-7/h1-3H,4H2. The molecule has 62 valence electrons. The highest BCUT2D eigenvalue weighted by atomic mass is 35.5. The van der Waals surface area contributed by atoms with E-state index in [0.717, 1.165) is 0 Å². The molecule has 1 heterocycles. The first-order valence-corrected chi connectivity index (χ1v) is 3.95. The van der Waals surface area contributed by atoms with Crippen molar-refractivity contribution in [3.8, 4) is 0 Å². The highest BCUT2D eigenvalue weighted by Crippen LogP contribution is 2.21. The summed E-state index contributed by atoms with van der Waals surface area (Å²) in [5.74, 6) is -0.174. The monoisotopic (exact) mass is 185 g/mol. The van der Waals surface area contributed by atoms with Crippen molar-refractivity contribution in [1.29, 1.82) is 0 Å². The zero-order valence-corrected chi connectivity index (χ0v) is 6.81. The molecule has 0 atom stereocenters. The molecule has 0 saturated carbocycles. The fraction of sp³-hybridized carbons (Fsp3) is 0.125. The molecule has 0 radical (unpaired) electrons. The van der Waals surface area contributed by atoms with E-state index >= 15 is 0 Å². The van der Waals surface area contributed by atoms with Crippen molar-refractivity contribution in [3.63, 3.8) is 0 Å². The lowest BCUT2D eigenvalue weighted by molar-refractivity contribution is 0.434. The zero-order valence-electron chi connectivity index (χ0n) is 6.05. The Kier molecular flexibility index (Phi) is 1.73. The predicted octanol–water partition coefficient (Wildman–Crippen LogP) is 2.71. The Morgan fingerprint density at radius 2 is 2.33 bits per heavy atom. The SMILES string of the molecule is Fc1cccc2c(CCl)noc12. The van der Waals surface area contributed by atoms with Gasteiger partial charge in [-0.05, 0) is 12.1 Å². The van der Waals surface area contributed by atoms with Gasteiger partial charge in [0.05, 0.1) is 5.88 Å². The van der Waals surface area contributed by atoms with Gasteiger partial charge in [0, 0.05) is 5.39 Å². The summed E-state index contributed by atoms with van der Waals surface area (Å²) in [6.45, 7) is 0. The molecule has 2 rings (SSSR count). The molecule has 0 aliphatic rings. The van der Waals surface area contributed by atoms with Gasteiger partial charge in [-0.25, -0.2) is 4.39 Å². The van der Waals surface area contributed by atoms with Gasteiger partial charge in [0.25, 0.3) is 0 Å². The van der Waals surface area contributed by atoms with Gasteiger partial charge in [-0.3, -0.25) is 0 Å². The Morgan fingerprint density at radius 3 is 3.08 bits per heavy atom. The van der Waals surface area contributed by atoms with Gasteiger partial charge >= 0.3 is 0 Å². The molecule has 2 nitrogen and oxygen atoms in total. The number of halogens is 2. The maximum Gasteiger partial charge on any atom is 0.202 e. The van der Waals surface area contributed by atoms with Gasteiger partial charge in [-0.2, -0.15) is 0 Å². The van der Waals surface area contributed by atoms with Gasteiger partial charge in [-0.15, -0.1) is 11.6 Å². The lowest BCUT2D eigenvalue weighted by atomic mass is 10.2. The van der Waals surface area contributed by atoms with Crippen LogP contribution in [-0.4, -0.2) is 5.16 Å². The normalized spacial score (nSPS) is 10.8. The number of aromatic nitrogens is 1. The Labute approximate surface area is 72.9 Å². The molecule has 0 amide bonds. The molecule has 0 unspecified atom stereocenters. The average Bonchev–Trinajstić information content (AvgIpc) is 2.49. The number of fused-ring (bicyclic) bond motifs is 1. The summed E-state index contributed by atoms with van der Waals surface area (Å²) < 4.78 is 17.7. The molecule has 1 aromatic carbocycles. The molecule has 0 saturated heterocycles. The molecular weight excluding hydrogens is 181 g/mol. The molecule has 0 N–H and O–H groups in total. The van der Waals surface area contributed by atoms with E-state index in [1.54, 1.807) is 12.1 Å². The first-order valence-electron chi connectivity index (χ1n) is 3.41. The second kappa shape index (κ2) is 2.75. The summed E-state index contributed by atoms with van der Waals surface area (Å²) in [5, 5.41) is 4.27. The average molecular weight is 186 g/mol. The Morgan fingerprint density at radius 1 is 1.50 bits per heavy atom. The lowest BCUT2D eigenvalue weighted by Gasteiger charge is -1.88. The number of nitrogens with zero attached hydrogens (tertiary/aromatic N) is 1. The van der Waals surface area contributed by atoms with Crippen molar-refractivity contribution >= 4 is 22.6 Å². The lowest BCUT2D eigenvalue weighted by Crippen LogP contribution is -1.77. The predicted molar refractivity (Wildman–Crippen MR) is 43.5 cm³/mol. The second-order valence-electron chi connectivity index (χ2n) is 2.38. The van der Waals surface area contributed by atoms with Crippen molar-refractivity contribution in [1.82, 2.24) is 5.16 Å². The first-order chi connectivity index (χ1) is 5.83. The van der Waals surface area contributed by atoms with Crippen molar-refractivity contribution in [2.75, 3.05) is 0 Å². The smallest absolute Gasteiger partial charge is 0.202 e. The fourth-order valence-electron chi connectivity index (χ4n) is 1.08. The van der Waals surface area contributed by atoms with Crippen LogP contribution in [0.2, 0.25) is 0 Å². The van der Waals surface area contributed by atoms with Crippen LogP contribution in [0.25, 0.3) is 11.0 Å². The summed E-state index contributed by atoms with van der Waals surface area (Å²) >= 11 is 5.55. The Hall–Kier alpha value is -1.09. The number of alkyl halides is 1. The maximum absolute atomic E-state index is 13.0. The van der Waals surface area contributed by atoms with Crippen LogP contribution in [0.4, 0.5) is 4.39 Å². The van der Waals surface area contributed by atoms with Crippen LogP contribution in [0, 0.1) is 5.82 Å². The molecule has 0 bridgehead atoms. The summed E-state index contributed by atoms with van der Waals surface area (Å²) in [5.41, 5.74) is 0.749. The van der Waals surface area contributed by atoms with Gasteiger partial charge < -0.3 is 4.52 Å². The van der Waals surface area contributed by atoms with Crippen molar-refractivity contribution in [2.24, 2.45) is 0 Å². The van der Waals surface area contributed by atoms with E-state index in [2.05, 4.69) is 5.16 Å². The minimum atomic E-state index is -0.406. The molecule has 1 aromatic heterocycles. The summed E-state index contributed by atoms with van der Waals surface area (Å²) in [7, 11) is 0. The summed E-state index contributed by atoms with van der Waals surface area (Å²) in [6.07, 6.45) is 0. The highest BCUT2D eigenvalue weighted by Gasteiger charge is 2.09. The third-order valence-electron chi connectivity index (χ3n) is 1.65. The van der Waals surface area contributed by atoms with Crippen LogP contribution in [0.1, 0.15) is 5.69 Å². The largest absolute Gasteiger partial charge is 0.353 e. The van der Waals surface area contributed by atoms with E-state index in [1.165, 1.54) is 6.07 Å². The van der Waals surface area contributed by atoms with E-state index in [0.29, 0.717) is 11.1 Å². The van der Waals surface area contributed by atoms with Gasteiger partial charge in [-0.1, -0.05) is 11.2 Å². The minimum absolute atomic E-state index is 0.174. The number of para-hydroxylation sites is 1. The highest BCUT2D eigenvalue weighted by molar-refractivity contribution is 6.17. The second-order valence-corrected chi connectivity index (χ2v) is 2.65. The quantitative estimate of drug-likeness (QED) is 0.639. The summed E-state index contributed by atoms with van der Waals surface area (Å²) in [6, 6.07) is 4.66. The van der Waals surface area contributed by atoms with E-state index in [-0.39, 0.29) is 11.5 Å². The molecule has 0 aliphatic carbocycles. The Bertz CT molecular complexity index is 412. The van der Waals surface area contributed by atoms with Crippen LogP contribution >= 0.6 is 11.6 Å². The van der Waals surface area contributed by atoms with E-state index in [4.69, 9.17) is 16.1 Å². The molecule has 2 aromatic rings. The topological polar surface area (TPSA) is 26.0 Å². The number of benzene rings is 1. The van der Waals surface area contributed by atoms with Crippen LogP contribution in [0.3, 0.4) is 0 Å². The Balaban J connectivity index is 2.80. The third-order valence-corrected chi connectivity index (χ3v) is 1.90. The molecule has 0 aliphatic heterocycles. The number of rotatable bonds is 1. The molecule has 0 spiro atoms. The fourth-order valence-corrected chi connectivity index (χ4v) is 1.27. The summed E-state index contributed by atoms with van der Waals surface area (Å²) in [4.78, 5) is 0. The number of hydrogen-bond acceptors (Lipinski definition) is 2. The van der Waals surface area contributed by atoms with Gasteiger partial charge in [0.15, 0.2) is 5.82 Å². The van der Waals surface area contributed by atoms with Crippen LogP contribution in [0.5, 0.6) is 0 Å². The van der Waals surface area contributed by atoms with E-state index in [9.17, 15) is 4.39 Å². The first kappa shape index (κ1) is 7.55.